The average molecular weight is 340 g/mol. The summed E-state index contributed by atoms with van der Waals surface area (Å²) in [4.78, 5) is 20.2. The minimum absolute atomic E-state index is 0.000960. The second-order valence-electron chi connectivity index (χ2n) is 7.23. The van der Waals surface area contributed by atoms with Gasteiger partial charge >= 0.3 is 0 Å². The predicted octanol–water partition coefficient (Wildman–Crippen LogP) is 0.904. The van der Waals surface area contributed by atoms with E-state index in [-0.39, 0.29) is 18.5 Å². The van der Waals surface area contributed by atoms with E-state index in [0.717, 1.165) is 31.9 Å². The minimum atomic E-state index is -0.499. The topological polar surface area (TPSA) is 66.4 Å². The van der Waals surface area contributed by atoms with Gasteiger partial charge in [0.15, 0.2) is 11.7 Å². The first-order valence-electron chi connectivity index (χ1n) is 8.86. The Kier molecular flexibility index (Phi) is 6.46. The lowest BCUT2D eigenvalue weighted by molar-refractivity contribution is -0.189. The Bertz CT molecular complexity index is 459. The zero-order chi connectivity index (χ0) is 17.7. The number of ether oxygens (including phenoxy) is 2. The number of amides is 1. The Morgan fingerprint density at radius 3 is 2.62 bits per heavy atom. The molecule has 2 saturated heterocycles. The molecule has 24 heavy (non-hydrogen) atoms. The lowest BCUT2D eigenvalue weighted by Gasteiger charge is -2.41. The molecule has 0 aromatic rings. The molecule has 7 heteroatoms. The molecule has 2 rings (SSSR count). The van der Waals surface area contributed by atoms with E-state index in [1.54, 1.807) is 19.0 Å². The molecule has 2 aliphatic heterocycles. The number of piperidine rings is 1. The van der Waals surface area contributed by atoms with E-state index in [1.165, 1.54) is 0 Å². The molecule has 2 heterocycles. The molecule has 138 valence electrons. The molecule has 0 aromatic heterocycles. The highest BCUT2D eigenvalue weighted by atomic mass is 16.7. The van der Waals surface area contributed by atoms with E-state index in [1.807, 2.05) is 6.92 Å². The van der Waals surface area contributed by atoms with Crippen LogP contribution < -0.4 is 5.32 Å². The smallest absolute Gasteiger partial charge is 0.243 e. The largest absolute Gasteiger partial charge is 0.354 e. The maximum Gasteiger partial charge on any atom is 0.243 e. The quantitative estimate of drug-likeness (QED) is 0.608. The van der Waals surface area contributed by atoms with Crippen molar-refractivity contribution in [3.05, 3.63) is 0 Å². The molecule has 1 N–H and O–H groups in total. The molecular formula is C17H32N4O3. The van der Waals surface area contributed by atoms with Crippen LogP contribution in [0.15, 0.2) is 4.99 Å². The fourth-order valence-electron chi connectivity index (χ4n) is 3.14. The van der Waals surface area contributed by atoms with Crippen LogP contribution in [0.1, 0.15) is 33.6 Å². The molecule has 1 atom stereocenters. The van der Waals surface area contributed by atoms with Crippen molar-refractivity contribution in [2.45, 2.75) is 45.4 Å². The molecule has 0 radical (unpaired) electrons. The molecule has 1 unspecified atom stereocenters. The summed E-state index contributed by atoms with van der Waals surface area (Å²) in [6.07, 6.45) is 2.14. The van der Waals surface area contributed by atoms with E-state index < -0.39 is 5.79 Å². The molecule has 0 spiro atoms. The number of rotatable bonds is 4. The summed E-state index contributed by atoms with van der Waals surface area (Å²) < 4.78 is 11.7. The molecule has 2 aliphatic rings. The number of nitrogens with zero attached hydrogens (tertiary/aromatic N) is 3. The summed E-state index contributed by atoms with van der Waals surface area (Å²) in [5.74, 6) is 0.603. The third-order valence-corrected chi connectivity index (χ3v) is 4.60. The number of hydrogen-bond donors (Lipinski definition) is 1. The van der Waals surface area contributed by atoms with Crippen molar-refractivity contribution in [2.75, 3.05) is 46.9 Å². The Labute approximate surface area is 145 Å². The zero-order valence-electron chi connectivity index (χ0n) is 15.7. The van der Waals surface area contributed by atoms with Crippen LogP contribution >= 0.6 is 0 Å². The van der Waals surface area contributed by atoms with Gasteiger partial charge in [-0.15, -0.1) is 0 Å². The fraction of sp³-hybridized carbons (Fsp3) is 0.882. The van der Waals surface area contributed by atoms with Crippen LogP contribution in [0.2, 0.25) is 0 Å². The Balaban J connectivity index is 2.07. The Morgan fingerprint density at radius 2 is 2.04 bits per heavy atom. The van der Waals surface area contributed by atoms with Gasteiger partial charge in [0.1, 0.15) is 6.54 Å². The van der Waals surface area contributed by atoms with Crippen LogP contribution in [-0.2, 0) is 14.3 Å². The number of likely N-dealkylation sites (tertiary alicyclic amines) is 1. The van der Waals surface area contributed by atoms with Crippen molar-refractivity contribution >= 4 is 11.9 Å². The number of carbonyl (C=O) groups is 1. The number of hydrogen-bond acceptors (Lipinski definition) is 4. The highest BCUT2D eigenvalue weighted by molar-refractivity contribution is 5.85. The first kappa shape index (κ1) is 19.0. The molecule has 0 aromatic carbocycles. The second-order valence-corrected chi connectivity index (χ2v) is 7.23. The monoisotopic (exact) mass is 340 g/mol. The lowest BCUT2D eigenvalue weighted by atomic mass is 9.90. The Hall–Kier alpha value is -1.34. The van der Waals surface area contributed by atoms with E-state index >= 15 is 0 Å². The number of nitrogens with one attached hydrogen (secondary N) is 1. The van der Waals surface area contributed by atoms with Gasteiger partial charge in [-0.25, -0.2) is 4.99 Å². The van der Waals surface area contributed by atoms with Gasteiger partial charge in [-0.1, -0.05) is 0 Å². The third-order valence-electron chi connectivity index (χ3n) is 4.60. The summed E-state index contributed by atoms with van der Waals surface area (Å²) >= 11 is 0. The van der Waals surface area contributed by atoms with Crippen LogP contribution in [0.25, 0.3) is 0 Å². The first-order valence-corrected chi connectivity index (χ1v) is 8.86. The molecule has 0 bridgehead atoms. The highest BCUT2D eigenvalue weighted by Crippen LogP contribution is 2.34. The lowest BCUT2D eigenvalue weighted by Crippen LogP contribution is -2.53. The van der Waals surface area contributed by atoms with Crippen LogP contribution in [-0.4, -0.2) is 80.4 Å². The molecule has 0 aliphatic carbocycles. The molecule has 2 fully saturated rings. The number of likely N-dealkylation sites (N-methyl/N-ethyl adjacent to an activating group) is 1. The summed E-state index contributed by atoms with van der Waals surface area (Å²) in [6.45, 7) is 9.44. The van der Waals surface area contributed by atoms with Crippen LogP contribution in [0.5, 0.6) is 0 Å². The van der Waals surface area contributed by atoms with Gasteiger partial charge in [-0.3, -0.25) is 4.79 Å². The van der Waals surface area contributed by atoms with Gasteiger partial charge in [0.05, 0.1) is 13.2 Å². The van der Waals surface area contributed by atoms with Crippen LogP contribution in [0.4, 0.5) is 0 Å². The number of aliphatic imine (C=N–C) groups is 1. The summed E-state index contributed by atoms with van der Waals surface area (Å²) in [7, 11) is 3.50. The second kappa shape index (κ2) is 8.16. The normalized spacial score (nSPS) is 24.3. The number of guanidine groups is 1. The van der Waals surface area contributed by atoms with Crippen LogP contribution in [0, 0.1) is 5.92 Å². The van der Waals surface area contributed by atoms with Crippen molar-refractivity contribution in [2.24, 2.45) is 10.9 Å². The van der Waals surface area contributed by atoms with Gasteiger partial charge in [0.25, 0.3) is 0 Å². The molecule has 1 amide bonds. The van der Waals surface area contributed by atoms with Crippen LogP contribution in [0.3, 0.4) is 0 Å². The summed E-state index contributed by atoms with van der Waals surface area (Å²) in [6, 6.07) is 0.258. The van der Waals surface area contributed by atoms with Crippen molar-refractivity contribution in [1.82, 2.24) is 15.1 Å². The maximum absolute atomic E-state index is 11.9. The molecule has 0 saturated carbocycles. The van der Waals surface area contributed by atoms with Crippen molar-refractivity contribution in [3.8, 4) is 0 Å². The van der Waals surface area contributed by atoms with Crippen molar-refractivity contribution in [3.63, 3.8) is 0 Å². The van der Waals surface area contributed by atoms with Crippen molar-refractivity contribution < 1.29 is 14.3 Å². The van der Waals surface area contributed by atoms with Gasteiger partial charge in [-0.05, 0) is 33.6 Å². The van der Waals surface area contributed by atoms with Gasteiger partial charge in [0.2, 0.25) is 5.91 Å². The summed E-state index contributed by atoms with van der Waals surface area (Å²) in [5.41, 5.74) is 0. The molecule has 7 nitrogen and oxygen atoms in total. The minimum Gasteiger partial charge on any atom is -0.354 e. The zero-order valence-corrected chi connectivity index (χ0v) is 15.7. The standard InChI is InChI=1S/C17H32N4O3/c1-13(2)19-16(18-11-15(22)20(4)5)21-8-6-7-14(12-21)17(3)23-9-10-24-17/h13-14H,6-12H2,1-5H3,(H,18,19). The van der Waals surface area contributed by atoms with Gasteiger partial charge < -0.3 is 24.6 Å². The van der Waals surface area contributed by atoms with Gasteiger partial charge in [0, 0.05) is 39.1 Å². The number of carbonyl (C=O) groups excluding carboxylic acids is 1. The average Bonchev–Trinajstić information content (AvgIpc) is 2.99. The first-order chi connectivity index (χ1) is 11.3. The van der Waals surface area contributed by atoms with E-state index in [0.29, 0.717) is 19.1 Å². The highest BCUT2D eigenvalue weighted by Gasteiger charge is 2.42. The predicted molar refractivity (Wildman–Crippen MR) is 93.9 cm³/mol. The van der Waals surface area contributed by atoms with E-state index in [9.17, 15) is 4.79 Å². The third kappa shape index (κ3) is 4.83. The molecular weight excluding hydrogens is 308 g/mol. The maximum atomic E-state index is 11.9. The SMILES string of the molecule is CC(C)NC(=NCC(=O)N(C)C)N1CCCC(C2(C)OCCO2)C1. The Morgan fingerprint density at radius 1 is 1.38 bits per heavy atom. The summed E-state index contributed by atoms with van der Waals surface area (Å²) in [5, 5.41) is 3.39. The van der Waals surface area contributed by atoms with Gasteiger partial charge in [-0.2, -0.15) is 0 Å². The fourth-order valence-corrected chi connectivity index (χ4v) is 3.14. The van der Waals surface area contributed by atoms with E-state index in [4.69, 9.17) is 9.47 Å². The van der Waals surface area contributed by atoms with Crippen molar-refractivity contribution in [1.29, 1.82) is 0 Å². The van der Waals surface area contributed by atoms with E-state index in [2.05, 4.69) is 29.1 Å².